The van der Waals surface area contributed by atoms with E-state index in [0.29, 0.717) is 28.5 Å². The Morgan fingerprint density at radius 1 is 1.24 bits per heavy atom. The van der Waals surface area contributed by atoms with Crippen molar-refractivity contribution in [3.63, 3.8) is 0 Å². The smallest absolute Gasteiger partial charge is 0.249 e. The van der Waals surface area contributed by atoms with Gasteiger partial charge >= 0.3 is 0 Å². The number of nitrogens with zero attached hydrogens (tertiary/aromatic N) is 4. The van der Waals surface area contributed by atoms with E-state index < -0.39 is 10.0 Å². The third-order valence-corrected chi connectivity index (χ3v) is 7.91. The Morgan fingerprint density at radius 3 is 2.68 bits per heavy atom. The van der Waals surface area contributed by atoms with Crippen molar-refractivity contribution in [2.75, 3.05) is 17.3 Å². The number of nitrogens with one attached hydrogen (secondary N) is 1. The van der Waals surface area contributed by atoms with Crippen LogP contribution in [0.15, 0.2) is 52.0 Å². The molecule has 1 N–H and O–H groups in total. The van der Waals surface area contributed by atoms with Gasteiger partial charge in [0.25, 0.3) is 0 Å². The fraction of sp³-hybridized carbons (Fsp3) is 0.348. The molecule has 180 valence electrons. The van der Waals surface area contributed by atoms with Crippen molar-refractivity contribution in [3.05, 3.63) is 59.8 Å². The molecule has 1 aliphatic heterocycles. The number of amides is 2. The van der Waals surface area contributed by atoms with Crippen LogP contribution in [0.1, 0.15) is 30.5 Å². The lowest BCUT2D eigenvalue weighted by Gasteiger charge is -2.28. The highest BCUT2D eigenvalue weighted by Gasteiger charge is 2.33. The molecule has 1 atom stereocenters. The van der Waals surface area contributed by atoms with E-state index >= 15 is 0 Å². The van der Waals surface area contributed by atoms with Gasteiger partial charge in [-0.1, -0.05) is 12.1 Å². The van der Waals surface area contributed by atoms with E-state index in [2.05, 4.69) is 10.4 Å². The molecule has 11 heteroatoms. The Bertz CT molecular complexity index is 1330. The van der Waals surface area contributed by atoms with Gasteiger partial charge in [0.15, 0.2) is 0 Å². The molecule has 34 heavy (non-hydrogen) atoms. The maximum absolute atomic E-state index is 13.4. The highest BCUT2D eigenvalue weighted by atomic mass is 32.2. The standard InChI is InChI=1S/C23H27N5O5S/c1-15-12-21(29)24-19-9-5-6-10-20(19)28(15)22(30)14-27-17(3)23(16(2)25-27)34(31,32)26(4)13-18-8-7-11-33-18/h5-11,15H,12-14H2,1-4H3,(H,24,29)/t15-/m1/s1. The highest BCUT2D eigenvalue weighted by Crippen LogP contribution is 2.32. The van der Waals surface area contributed by atoms with E-state index in [9.17, 15) is 18.0 Å². The van der Waals surface area contributed by atoms with Gasteiger partial charge in [-0.15, -0.1) is 0 Å². The second-order valence-corrected chi connectivity index (χ2v) is 10.4. The summed E-state index contributed by atoms with van der Waals surface area (Å²) in [5.74, 6) is 0.0465. The van der Waals surface area contributed by atoms with Crippen molar-refractivity contribution in [3.8, 4) is 0 Å². The molecule has 3 aromatic rings. The first-order valence-corrected chi connectivity index (χ1v) is 12.3. The van der Waals surface area contributed by atoms with Gasteiger partial charge in [-0.05, 0) is 45.0 Å². The number of hydrogen-bond donors (Lipinski definition) is 1. The van der Waals surface area contributed by atoms with E-state index in [1.54, 1.807) is 62.1 Å². The summed E-state index contributed by atoms with van der Waals surface area (Å²) in [6, 6.07) is 10.1. The predicted molar refractivity (Wildman–Crippen MR) is 126 cm³/mol. The van der Waals surface area contributed by atoms with Crippen molar-refractivity contribution in [2.45, 2.75) is 51.2 Å². The monoisotopic (exact) mass is 485 g/mol. The summed E-state index contributed by atoms with van der Waals surface area (Å²) in [4.78, 5) is 27.3. The molecule has 4 rings (SSSR count). The van der Waals surface area contributed by atoms with Gasteiger partial charge in [-0.2, -0.15) is 9.40 Å². The molecule has 1 aromatic carbocycles. The number of aryl methyl sites for hydroxylation is 1. The molecule has 0 bridgehead atoms. The van der Waals surface area contributed by atoms with Crippen molar-refractivity contribution in [1.29, 1.82) is 0 Å². The lowest BCUT2D eigenvalue weighted by molar-refractivity contribution is -0.120. The maximum Gasteiger partial charge on any atom is 0.249 e. The van der Waals surface area contributed by atoms with Crippen LogP contribution in [0.4, 0.5) is 11.4 Å². The fourth-order valence-electron chi connectivity index (χ4n) is 4.24. The molecular formula is C23H27N5O5S. The molecule has 3 heterocycles. The van der Waals surface area contributed by atoms with Crippen LogP contribution in [0, 0.1) is 13.8 Å². The summed E-state index contributed by atoms with van der Waals surface area (Å²) in [5.41, 5.74) is 1.82. The third kappa shape index (κ3) is 4.36. The van der Waals surface area contributed by atoms with Crippen LogP contribution in [0.3, 0.4) is 0 Å². The zero-order valence-corrected chi connectivity index (χ0v) is 20.3. The van der Waals surface area contributed by atoms with Crippen LogP contribution in [-0.2, 0) is 32.7 Å². The average Bonchev–Trinajstić information content (AvgIpc) is 3.33. The summed E-state index contributed by atoms with van der Waals surface area (Å²) in [6.45, 7) is 4.94. The molecule has 0 aliphatic carbocycles. The Hall–Kier alpha value is -3.44. The lowest BCUT2D eigenvalue weighted by Crippen LogP contribution is -2.41. The quantitative estimate of drug-likeness (QED) is 0.574. The van der Waals surface area contributed by atoms with Crippen molar-refractivity contribution >= 4 is 33.2 Å². The Morgan fingerprint density at radius 2 is 1.97 bits per heavy atom. The molecule has 0 saturated carbocycles. The number of carbonyl (C=O) groups excluding carboxylic acids is 2. The second-order valence-electron chi connectivity index (χ2n) is 8.38. The first kappa shape index (κ1) is 23.7. The van der Waals surface area contributed by atoms with Gasteiger partial charge in [0.1, 0.15) is 17.2 Å². The van der Waals surface area contributed by atoms with Gasteiger partial charge in [-0.3, -0.25) is 14.3 Å². The Labute approximate surface area is 198 Å². The zero-order chi connectivity index (χ0) is 24.6. The molecule has 0 unspecified atom stereocenters. The van der Waals surface area contributed by atoms with Crippen LogP contribution >= 0.6 is 0 Å². The lowest BCUT2D eigenvalue weighted by atomic mass is 10.1. The predicted octanol–water partition coefficient (Wildman–Crippen LogP) is 2.68. The molecule has 2 aromatic heterocycles. The first-order chi connectivity index (χ1) is 16.1. The molecular weight excluding hydrogens is 458 g/mol. The van der Waals surface area contributed by atoms with Crippen LogP contribution in [0.2, 0.25) is 0 Å². The number of furan rings is 1. The van der Waals surface area contributed by atoms with E-state index in [-0.39, 0.29) is 42.3 Å². The molecule has 2 amide bonds. The number of anilines is 2. The molecule has 0 fully saturated rings. The van der Waals surface area contributed by atoms with Crippen LogP contribution < -0.4 is 10.2 Å². The number of sulfonamides is 1. The highest BCUT2D eigenvalue weighted by molar-refractivity contribution is 7.89. The third-order valence-electron chi connectivity index (χ3n) is 5.85. The SMILES string of the molecule is Cc1nn(CC(=O)N2c3ccccc3NC(=O)C[C@H]2C)c(C)c1S(=O)(=O)N(C)Cc1ccco1. The minimum Gasteiger partial charge on any atom is -0.468 e. The number of benzene rings is 1. The molecule has 0 saturated heterocycles. The molecule has 0 spiro atoms. The Balaban J connectivity index is 1.63. The summed E-state index contributed by atoms with van der Waals surface area (Å²) in [7, 11) is -2.41. The van der Waals surface area contributed by atoms with Crippen LogP contribution in [0.5, 0.6) is 0 Å². The minimum absolute atomic E-state index is 0.0653. The van der Waals surface area contributed by atoms with E-state index in [4.69, 9.17) is 4.42 Å². The van der Waals surface area contributed by atoms with Crippen molar-refractivity contribution in [1.82, 2.24) is 14.1 Å². The van der Waals surface area contributed by atoms with E-state index in [0.717, 1.165) is 0 Å². The Kier molecular flexibility index (Phi) is 6.32. The van der Waals surface area contributed by atoms with Gasteiger partial charge in [0, 0.05) is 19.5 Å². The average molecular weight is 486 g/mol. The number of fused-ring (bicyclic) bond motifs is 1. The van der Waals surface area contributed by atoms with Gasteiger partial charge in [-0.25, -0.2) is 8.42 Å². The molecule has 1 aliphatic rings. The van der Waals surface area contributed by atoms with Gasteiger partial charge < -0.3 is 14.6 Å². The van der Waals surface area contributed by atoms with Crippen molar-refractivity contribution < 1.29 is 22.4 Å². The van der Waals surface area contributed by atoms with E-state index in [1.165, 1.54) is 22.3 Å². The zero-order valence-electron chi connectivity index (χ0n) is 19.5. The minimum atomic E-state index is -3.88. The number of carbonyl (C=O) groups is 2. The van der Waals surface area contributed by atoms with E-state index in [1.807, 2.05) is 0 Å². The number of hydrogen-bond acceptors (Lipinski definition) is 6. The van der Waals surface area contributed by atoms with Crippen molar-refractivity contribution in [2.24, 2.45) is 0 Å². The summed E-state index contributed by atoms with van der Waals surface area (Å²) in [5, 5.41) is 7.20. The van der Waals surface area contributed by atoms with Crippen LogP contribution in [-0.4, -0.2) is 47.4 Å². The van der Waals surface area contributed by atoms with Gasteiger partial charge in [0.2, 0.25) is 21.8 Å². The van der Waals surface area contributed by atoms with Crippen LogP contribution in [0.25, 0.3) is 0 Å². The second kappa shape index (κ2) is 9.07. The summed E-state index contributed by atoms with van der Waals surface area (Å²) < 4.78 is 34.4. The maximum atomic E-state index is 13.4. The largest absolute Gasteiger partial charge is 0.468 e. The summed E-state index contributed by atoms with van der Waals surface area (Å²) >= 11 is 0. The topological polar surface area (TPSA) is 118 Å². The normalized spacial score (nSPS) is 16.3. The number of rotatable bonds is 6. The van der Waals surface area contributed by atoms with Gasteiger partial charge in [0.05, 0.1) is 35.6 Å². The summed E-state index contributed by atoms with van der Waals surface area (Å²) in [6.07, 6.45) is 1.63. The molecule has 0 radical (unpaired) electrons. The number of para-hydroxylation sites is 2. The first-order valence-electron chi connectivity index (χ1n) is 10.8. The number of aromatic nitrogens is 2. The molecule has 10 nitrogen and oxygen atoms in total. The fourth-order valence-corrected chi connectivity index (χ4v) is 5.74.